The van der Waals surface area contributed by atoms with Gasteiger partial charge in [0.15, 0.2) is 6.29 Å². The third-order valence-corrected chi connectivity index (χ3v) is 2.08. The number of carbonyl (C=O) groups excluding carboxylic acids is 1. The fourth-order valence-electron chi connectivity index (χ4n) is 1.37. The summed E-state index contributed by atoms with van der Waals surface area (Å²) >= 11 is 0. The van der Waals surface area contributed by atoms with E-state index in [4.69, 9.17) is 0 Å². The van der Waals surface area contributed by atoms with Gasteiger partial charge in [-0.2, -0.15) is 13.2 Å². The molecule has 0 saturated heterocycles. The van der Waals surface area contributed by atoms with Gasteiger partial charge in [-0.05, 0) is 19.9 Å². The molecular formula is C9H10F3NO. The third kappa shape index (κ3) is 2.16. The Morgan fingerprint density at radius 1 is 1.43 bits per heavy atom. The van der Waals surface area contributed by atoms with Crippen molar-refractivity contribution in [3.05, 3.63) is 23.0 Å². The summed E-state index contributed by atoms with van der Waals surface area (Å²) in [6.45, 7) is 2.01. The molecule has 0 bridgehead atoms. The minimum absolute atomic E-state index is 0.312. The van der Waals surface area contributed by atoms with Gasteiger partial charge in [-0.3, -0.25) is 4.79 Å². The monoisotopic (exact) mass is 205 g/mol. The number of aromatic nitrogens is 1. The fourth-order valence-corrected chi connectivity index (χ4v) is 1.37. The molecule has 14 heavy (non-hydrogen) atoms. The van der Waals surface area contributed by atoms with Gasteiger partial charge >= 0.3 is 6.18 Å². The molecule has 0 amide bonds. The van der Waals surface area contributed by atoms with E-state index < -0.39 is 12.7 Å². The van der Waals surface area contributed by atoms with Crippen LogP contribution in [0.2, 0.25) is 0 Å². The highest BCUT2D eigenvalue weighted by atomic mass is 19.4. The average Bonchev–Trinajstić information content (AvgIpc) is 2.29. The fraction of sp³-hybridized carbons (Fsp3) is 0.444. The first-order valence-electron chi connectivity index (χ1n) is 4.04. The van der Waals surface area contributed by atoms with E-state index >= 15 is 0 Å². The molecule has 1 aromatic heterocycles. The standard InChI is InChI=1S/C9H10F3NO/c1-6-3-8(4-14)7(2)13(6)5-9(10,11)12/h3-4H,5H2,1-2H3. The first-order valence-corrected chi connectivity index (χ1v) is 4.04. The third-order valence-electron chi connectivity index (χ3n) is 2.08. The summed E-state index contributed by atoms with van der Waals surface area (Å²) in [7, 11) is 0. The van der Waals surface area contributed by atoms with Crippen LogP contribution in [0, 0.1) is 13.8 Å². The molecule has 0 radical (unpaired) electrons. The molecule has 1 aromatic rings. The van der Waals surface area contributed by atoms with Crippen LogP contribution in [0.3, 0.4) is 0 Å². The van der Waals surface area contributed by atoms with Gasteiger partial charge in [-0.25, -0.2) is 0 Å². The molecule has 1 rings (SSSR count). The van der Waals surface area contributed by atoms with Gasteiger partial charge in [0.05, 0.1) is 0 Å². The Morgan fingerprint density at radius 3 is 2.36 bits per heavy atom. The van der Waals surface area contributed by atoms with Crippen molar-refractivity contribution in [2.75, 3.05) is 0 Å². The van der Waals surface area contributed by atoms with E-state index in [2.05, 4.69) is 0 Å². The lowest BCUT2D eigenvalue weighted by molar-refractivity contribution is -0.141. The van der Waals surface area contributed by atoms with Crippen molar-refractivity contribution in [3.8, 4) is 0 Å². The molecule has 5 heteroatoms. The summed E-state index contributed by atoms with van der Waals surface area (Å²) in [5.41, 5.74) is 1.11. The maximum atomic E-state index is 12.1. The summed E-state index contributed by atoms with van der Waals surface area (Å²) in [6, 6.07) is 1.45. The second-order valence-electron chi connectivity index (χ2n) is 3.15. The van der Waals surface area contributed by atoms with Crippen LogP contribution in [-0.2, 0) is 6.54 Å². The summed E-state index contributed by atoms with van der Waals surface area (Å²) < 4.78 is 37.4. The van der Waals surface area contributed by atoms with Crippen molar-refractivity contribution in [3.63, 3.8) is 0 Å². The van der Waals surface area contributed by atoms with Crippen molar-refractivity contribution >= 4 is 6.29 Å². The zero-order valence-corrected chi connectivity index (χ0v) is 7.85. The lowest BCUT2D eigenvalue weighted by Crippen LogP contribution is -2.19. The van der Waals surface area contributed by atoms with Crippen LogP contribution in [-0.4, -0.2) is 17.0 Å². The van der Waals surface area contributed by atoms with Crippen LogP contribution in [0.15, 0.2) is 6.07 Å². The molecule has 0 aliphatic heterocycles. The van der Waals surface area contributed by atoms with Crippen LogP contribution >= 0.6 is 0 Å². The van der Waals surface area contributed by atoms with Gasteiger partial charge in [0.1, 0.15) is 6.54 Å². The predicted molar refractivity (Wildman–Crippen MR) is 45.3 cm³/mol. The average molecular weight is 205 g/mol. The maximum absolute atomic E-state index is 12.1. The Kier molecular flexibility index (Phi) is 2.69. The molecule has 0 aromatic carbocycles. The Balaban J connectivity index is 3.08. The molecule has 2 nitrogen and oxygen atoms in total. The van der Waals surface area contributed by atoms with E-state index in [1.807, 2.05) is 0 Å². The Hall–Kier alpha value is -1.26. The number of carbonyl (C=O) groups is 1. The molecule has 0 spiro atoms. The van der Waals surface area contributed by atoms with Gasteiger partial charge in [-0.1, -0.05) is 0 Å². The van der Waals surface area contributed by atoms with Gasteiger partial charge in [0.2, 0.25) is 0 Å². The number of alkyl halides is 3. The second-order valence-corrected chi connectivity index (χ2v) is 3.15. The molecule has 0 saturated carbocycles. The smallest absolute Gasteiger partial charge is 0.339 e. The minimum Gasteiger partial charge on any atom is -0.339 e. The Labute approximate surface area is 79.3 Å². The highest BCUT2D eigenvalue weighted by Gasteiger charge is 2.29. The SMILES string of the molecule is Cc1cc(C=O)c(C)n1CC(F)(F)F. The van der Waals surface area contributed by atoms with Crippen molar-refractivity contribution in [2.45, 2.75) is 26.6 Å². The Morgan fingerprint density at radius 2 is 2.00 bits per heavy atom. The van der Waals surface area contributed by atoms with E-state index in [0.29, 0.717) is 23.2 Å². The lowest BCUT2D eigenvalue weighted by Gasteiger charge is -2.11. The number of hydrogen-bond acceptors (Lipinski definition) is 1. The lowest BCUT2D eigenvalue weighted by atomic mass is 10.3. The summed E-state index contributed by atoms with van der Waals surface area (Å²) in [5.74, 6) is 0. The molecular weight excluding hydrogens is 195 g/mol. The van der Waals surface area contributed by atoms with Crippen LogP contribution in [0.5, 0.6) is 0 Å². The van der Waals surface area contributed by atoms with E-state index in [1.54, 1.807) is 6.92 Å². The van der Waals surface area contributed by atoms with Crippen molar-refractivity contribution in [1.82, 2.24) is 4.57 Å². The molecule has 0 aliphatic rings. The quantitative estimate of drug-likeness (QED) is 0.680. The summed E-state index contributed by atoms with van der Waals surface area (Å²) in [5, 5.41) is 0. The number of aldehydes is 1. The normalized spacial score (nSPS) is 11.8. The highest BCUT2D eigenvalue weighted by Crippen LogP contribution is 2.22. The predicted octanol–water partition coefficient (Wildman–Crippen LogP) is 2.48. The van der Waals surface area contributed by atoms with Crippen LogP contribution < -0.4 is 0 Å². The number of halogens is 3. The molecule has 0 unspecified atom stereocenters. The van der Waals surface area contributed by atoms with Gasteiger partial charge in [0.25, 0.3) is 0 Å². The molecule has 0 fully saturated rings. The van der Waals surface area contributed by atoms with Crippen LogP contribution in [0.25, 0.3) is 0 Å². The summed E-state index contributed by atoms with van der Waals surface area (Å²) in [6.07, 6.45) is -3.69. The van der Waals surface area contributed by atoms with E-state index in [9.17, 15) is 18.0 Å². The topological polar surface area (TPSA) is 22.0 Å². The molecule has 0 aliphatic carbocycles. The first-order chi connectivity index (χ1) is 6.35. The number of aryl methyl sites for hydroxylation is 1. The highest BCUT2D eigenvalue weighted by molar-refractivity contribution is 5.77. The second kappa shape index (κ2) is 3.48. The first kappa shape index (κ1) is 10.8. The van der Waals surface area contributed by atoms with Gasteiger partial charge in [0, 0.05) is 17.0 Å². The van der Waals surface area contributed by atoms with Crippen molar-refractivity contribution in [2.24, 2.45) is 0 Å². The Bertz CT molecular complexity index is 352. The number of hydrogen-bond donors (Lipinski definition) is 0. The molecule has 0 N–H and O–H groups in total. The maximum Gasteiger partial charge on any atom is 0.406 e. The summed E-state index contributed by atoms with van der Waals surface area (Å²) in [4.78, 5) is 10.5. The zero-order valence-electron chi connectivity index (χ0n) is 7.85. The van der Waals surface area contributed by atoms with E-state index in [1.165, 1.54) is 13.0 Å². The van der Waals surface area contributed by atoms with Crippen molar-refractivity contribution in [1.29, 1.82) is 0 Å². The van der Waals surface area contributed by atoms with Crippen LogP contribution in [0.4, 0.5) is 13.2 Å². The molecule has 0 atom stereocenters. The molecule has 1 heterocycles. The zero-order chi connectivity index (χ0) is 10.9. The van der Waals surface area contributed by atoms with Gasteiger partial charge < -0.3 is 4.57 Å². The molecule has 78 valence electrons. The number of nitrogens with zero attached hydrogens (tertiary/aromatic N) is 1. The van der Waals surface area contributed by atoms with Gasteiger partial charge in [-0.15, -0.1) is 0 Å². The van der Waals surface area contributed by atoms with E-state index in [0.717, 1.165) is 4.57 Å². The van der Waals surface area contributed by atoms with Crippen LogP contribution in [0.1, 0.15) is 21.7 Å². The van der Waals surface area contributed by atoms with E-state index in [-0.39, 0.29) is 0 Å². The van der Waals surface area contributed by atoms with Crippen molar-refractivity contribution < 1.29 is 18.0 Å². The number of rotatable bonds is 2. The largest absolute Gasteiger partial charge is 0.406 e. The minimum atomic E-state index is -4.26.